The van der Waals surface area contributed by atoms with Crippen molar-refractivity contribution in [3.63, 3.8) is 0 Å². The molecule has 0 amide bonds. The van der Waals surface area contributed by atoms with Crippen LogP contribution in [0.15, 0.2) is 54.0 Å². The van der Waals surface area contributed by atoms with E-state index < -0.39 is 4.92 Å². The van der Waals surface area contributed by atoms with Crippen molar-refractivity contribution in [2.75, 3.05) is 5.32 Å². The van der Waals surface area contributed by atoms with Gasteiger partial charge in [0.15, 0.2) is 0 Å². The van der Waals surface area contributed by atoms with Gasteiger partial charge in [0.25, 0.3) is 5.69 Å². The predicted molar refractivity (Wildman–Crippen MR) is 108 cm³/mol. The van der Waals surface area contributed by atoms with E-state index in [1.54, 1.807) is 29.8 Å². The quantitative estimate of drug-likeness (QED) is 0.341. The molecule has 1 N–H and O–H groups in total. The van der Waals surface area contributed by atoms with E-state index in [0.717, 1.165) is 11.3 Å². The standard InChI is InChI=1S/C19H13ClN4O2S/c1-12-5-6-15(8-17(12)20)22-10-14(9-21)19-23-18(11-27-19)13-3-2-4-16(7-13)24(25)26/h2-8,10-11,22H,1H3/b14-10+. The third kappa shape index (κ3) is 4.31. The molecule has 0 radical (unpaired) electrons. The monoisotopic (exact) mass is 396 g/mol. The average Bonchev–Trinajstić information content (AvgIpc) is 3.15. The molecule has 0 unspecified atom stereocenters. The Kier molecular flexibility index (Phi) is 5.50. The lowest BCUT2D eigenvalue weighted by Gasteiger charge is -2.04. The minimum atomic E-state index is -0.450. The molecule has 0 aliphatic carbocycles. The lowest BCUT2D eigenvalue weighted by molar-refractivity contribution is -0.384. The van der Waals surface area contributed by atoms with E-state index in [1.165, 1.54) is 23.5 Å². The van der Waals surface area contributed by atoms with Gasteiger partial charge in [-0.05, 0) is 24.6 Å². The molecular weight excluding hydrogens is 384 g/mol. The van der Waals surface area contributed by atoms with Crippen LogP contribution < -0.4 is 5.32 Å². The molecule has 3 aromatic rings. The maximum absolute atomic E-state index is 10.9. The number of rotatable bonds is 5. The van der Waals surface area contributed by atoms with Gasteiger partial charge in [-0.1, -0.05) is 29.8 Å². The van der Waals surface area contributed by atoms with Crippen LogP contribution in [0, 0.1) is 28.4 Å². The number of aromatic nitrogens is 1. The Bertz CT molecular complexity index is 1090. The van der Waals surface area contributed by atoms with Crippen molar-refractivity contribution in [3.05, 3.63) is 79.8 Å². The number of benzene rings is 2. The van der Waals surface area contributed by atoms with E-state index >= 15 is 0 Å². The van der Waals surface area contributed by atoms with E-state index in [-0.39, 0.29) is 5.69 Å². The molecule has 0 saturated carbocycles. The number of halogens is 1. The van der Waals surface area contributed by atoms with E-state index in [1.807, 2.05) is 19.1 Å². The third-order valence-electron chi connectivity index (χ3n) is 3.76. The van der Waals surface area contributed by atoms with Crippen LogP contribution in [0.3, 0.4) is 0 Å². The molecule has 0 atom stereocenters. The number of nitrogens with one attached hydrogen (secondary N) is 1. The normalized spacial score (nSPS) is 11.1. The number of hydrogen-bond donors (Lipinski definition) is 1. The van der Waals surface area contributed by atoms with Gasteiger partial charge in [-0.15, -0.1) is 11.3 Å². The first-order valence-corrected chi connectivity index (χ1v) is 9.07. The Balaban J connectivity index is 1.85. The fraction of sp³-hybridized carbons (Fsp3) is 0.0526. The van der Waals surface area contributed by atoms with Gasteiger partial charge in [-0.25, -0.2) is 4.98 Å². The average molecular weight is 397 g/mol. The SMILES string of the molecule is Cc1ccc(N/C=C(\C#N)c2nc(-c3cccc([N+](=O)[O-])c3)cs2)cc1Cl. The molecule has 3 rings (SSSR count). The minimum absolute atomic E-state index is 0.00369. The summed E-state index contributed by atoms with van der Waals surface area (Å²) in [6.45, 7) is 1.91. The zero-order chi connectivity index (χ0) is 19.4. The highest BCUT2D eigenvalue weighted by atomic mass is 35.5. The fourth-order valence-electron chi connectivity index (χ4n) is 2.29. The fourth-order valence-corrected chi connectivity index (χ4v) is 3.26. The number of nitro benzene ring substituents is 1. The van der Waals surface area contributed by atoms with Gasteiger partial charge in [0.2, 0.25) is 0 Å². The Labute approximate surface area is 164 Å². The third-order valence-corrected chi connectivity index (χ3v) is 5.05. The van der Waals surface area contributed by atoms with Crippen molar-refractivity contribution in [2.45, 2.75) is 6.92 Å². The van der Waals surface area contributed by atoms with Crippen LogP contribution >= 0.6 is 22.9 Å². The van der Waals surface area contributed by atoms with Gasteiger partial charge in [0.05, 0.1) is 10.6 Å². The summed E-state index contributed by atoms with van der Waals surface area (Å²) in [4.78, 5) is 14.9. The second-order valence-electron chi connectivity index (χ2n) is 5.62. The maximum atomic E-state index is 10.9. The van der Waals surface area contributed by atoms with Gasteiger partial charge in [-0.2, -0.15) is 5.26 Å². The summed E-state index contributed by atoms with van der Waals surface area (Å²) in [7, 11) is 0. The second-order valence-corrected chi connectivity index (χ2v) is 6.89. The van der Waals surface area contributed by atoms with Crippen molar-refractivity contribution < 1.29 is 4.92 Å². The van der Waals surface area contributed by atoms with E-state index in [0.29, 0.717) is 26.9 Å². The number of aryl methyl sites for hydroxylation is 1. The summed E-state index contributed by atoms with van der Waals surface area (Å²) >= 11 is 7.40. The zero-order valence-electron chi connectivity index (χ0n) is 14.1. The summed E-state index contributed by atoms with van der Waals surface area (Å²) in [6.07, 6.45) is 1.57. The molecule has 6 nitrogen and oxygen atoms in total. The molecule has 0 fully saturated rings. The Hall–Kier alpha value is -3.21. The highest BCUT2D eigenvalue weighted by molar-refractivity contribution is 7.11. The van der Waals surface area contributed by atoms with Crippen LogP contribution in [-0.4, -0.2) is 9.91 Å². The first-order chi connectivity index (χ1) is 13.0. The van der Waals surface area contributed by atoms with Crippen molar-refractivity contribution in [1.29, 1.82) is 5.26 Å². The maximum Gasteiger partial charge on any atom is 0.270 e. The molecule has 1 heterocycles. The molecule has 1 aromatic heterocycles. The molecule has 27 heavy (non-hydrogen) atoms. The van der Waals surface area contributed by atoms with E-state index in [4.69, 9.17) is 11.6 Å². The molecule has 0 aliphatic rings. The van der Waals surface area contributed by atoms with E-state index in [2.05, 4.69) is 16.4 Å². The van der Waals surface area contributed by atoms with Crippen molar-refractivity contribution in [3.8, 4) is 17.3 Å². The van der Waals surface area contributed by atoms with Gasteiger partial charge < -0.3 is 5.32 Å². The number of non-ortho nitro benzene ring substituents is 1. The molecule has 0 spiro atoms. The summed E-state index contributed by atoms with van der Waals surface area (Å²) in [5, 5.41) is 26.3. The van der Waals surface area contributed by atoms with Crippen molar-refractivity contribution in [1.82, 2.24) is 4.98 Å². The highest BCUT2D eigenvalue weighted by Crippen LogP contribution is 2.28. The largest absolute Gasteiger partial charge is 0.360 e. The smallest absolute Gasteiger partial charge is 0.270 e. The van der Waals surface area contributed by atoms with E-state index in [9.17, 15) is 15.4 Å². The number of hydrogen-bond acceptors (Lipinski definition) is 6. The number of thiazole rings is 1. The van der Waals surface area contributed by atoms with Gasteiger partial charge in [0.1, 0.15) is 16.6 Å². The summed E-state index contributed by atoms with van der Waals surface area (Å²) in [5.74, 6) is 0. The predicted octanol–water partition coefficient (Wildman–Crippen LogP) is 5.66. The number of allylic oxidation sites excluding steroid dienone is 1. The van der Waals surface area contributed by atoms with Crippen LogP contribution in [0.25, 0.3) is 16.8 Å². The number of anilines is 1. The first kappa shape index (κ1) is 18.6. The topological polar surface area (TPSA) is 91.8 Å². The van der Waals surface area contributed by atoms with Crippen molar-refractivity contribution in [2.24, 2.45) is 0 Å². The molecule has 0 bridgehead atoms. The first-order valence-electron chi connectivity index (χ1n) is 7.81. The molecule has 134 valence electrons. The molecule has 2 aromatic carbocycles. The molecular formula is C19H13ClN4O2S. The Morgan fingerprint density at radius 1 is 1.37 bits per heavy atom. The minimum Gasteiger partial charge on any atom is -0.360 e. The molecule has 0 aliphatic heterocycles. The van der Waals surface area contributed by atoms with Gasteiger partial charge >= 0.3 is 0 Å². The number of nitro groups is 1. The van der Waals surface area contributed by atoms with Gasteiger partial charge in [0, 0.05) is 40.0 Å². The van der Waals surface area contributed by atoms with Crippen LogP contribution in [0.2, 0.25) is 5.02 Å². The summed E-state index contributed by atoms with van der Waals surface area (Å²) in [6, 6.07) is 13.9. The zero-order valence-corrected chi connectivity index (χ0v) is 15.7. The van der Waals surface area contributed by atoms with Crippen molar-refractivity contribution >= 4 is 39.9 Å². The summed E-state index contributed by atoms with van der Waals surface area (Å²) in [5.41, 5.74) is 3.28. The van der Waals surface area contributed by atoms with Crippen LogP contribution in [0.4, 0.5) is 11.4 Å². The summed E-state index contributed by atoms with van der Waals surface area (Å²) < 4.78 is 0. The number of nitrogens with zero attached hydrogens (tertiary/aromatic N) is 3. The van der Waals surface area contributed by atoms with Crippen LogP contribution in [-0.2, 0) is 0 Å². The Morgan fingerprint density at radius 2 is 2.19 bits per heavy atom. The van der Waals surface area contributed by atoms with Crippen LogP contribution in [0.1, 0.15) is 10.6 Å². The van der Waals surface area contributed by atoms with Gasteiger partial charge in [-0.3, -0.25) is 10.1 Å². The van der Waals surface area contributed by atoms with Crippen LogP contribution in [0.5, 0.6) is 0 Å². The molecule has 8 heteroatoms. The molecule has 0 saturated heterocycles. The second kappa shape index (κ2) is 7.99. The number of nitriles is 1. The Morgan fingerprint density at radius 3 is 2.89 bits per heavy atom. The lowest BCUT2D eigenvalue weighted by Crippen LogP contribution is -1.92. The lowest BCUT2D eigenvalue weighted by atomic mass is 10.1. The highest BCUT2D eigenvalue weighted by Gasteiger charge is 2.12.